The van der Waals surface area contributed by atoms with E-state index in [0.29, 0.717) is 15.7 Å². The lowest BCUT2D eigenvalue weighted by Crippen LogP contribution is -2.15. The van der Waals surface area contributed by atoms with Crippen LogP contribution < -0.4 is 10.5 Å². The second-order valence-corrected chi connectivity index (χ2v) is 7.62. The Labute approximate surface area is 153 Å². The molecule has 7 nitrogen and oxygen atoms in total. The van der Waals surface area contributed by atoms with Gasteiger partial charge in [-0.2, -0.15) is 0 Å². The van der Waals surface area contributed by atoms with Gasteiger partial charge in [-0.25, -0.2) is 13.2 Å². The Morgan fingerprint density at radius 1 is 1.16 bits per heavy atom. The molecule has 0 aromatic heterocycles. The molecule has 0 spiro atoms. The normalized spacial score (nSPS) is 11.0. The van der Waals surface area contributed by atoms with E-state index in [2.05, 4.69) is 25.4 Å². The van der Waals surface area contributed by atoms with Crippen molar-refractivity contribution in [2.75, 3.05) is 11.8 Å². The summed E-state index contributed by atoms with van der Waals surface area (Å²) in [5, 5.41) is 0. The summed E-state index contributed by atoms with van der Waals surface area (Å²) in [5.74, 6) is -1.13. The molecule has 3 N–H and O–H groups in total. The lowest BCUT2D eigenvalue weighted by atomic mass is 10.1. The number of carbonyl (C=O) groups is 2. The molecular weight excluding hydrogens is 412 g/mol. The van der Waals surface area contributed by atoms with Gasteiger partial charge in [0.05, 0.1) is 24.0 Å². The average Bonchev–Trinajstić information content (AvgIpc) is 2.55. The van der Waals surface area contributed by atoms with Gasteiger partial charge in [-0.05, 0) is 51.8 Å². The van der Waals surface area contributed by atoms with Crippen LogP contribution in [0.15, 0.2) is 51.8 Å². The van der Waals surface area contributed by atoms with Crippen LogP contribution in [0.3, 0.4) is 0 Å². The number of hydrogen-bond acceptors (Lipinski definition) is 5. The third-order valence-electron chi connectivity index (χ3n) is 3.24. The van der Waals surface area contributed by atoms with Gasteiger partial charge in [0.2, 0.25) is 5.91 Å². The molecule has 9 heteroatoms. The fourth-order valence-electron chi connectivity index (χ4n) is 2.04. The van der Waals surface area contributed by atoms with Crippen LogP contribution in [0.4, 0.5) is 5.69 Å². The van der Waals surface area contributed by atoms with Gasteiger partial charge >= 0.3 is 5.97 Å². The summed E-state index contributed by atoms with van der Waals surface area (Å²) in [7, 11) is -2.69. The number of primary amides is 1. The minimum absolute atomic E-state index is 0.0717. The van der Waals surface area contributed by atoms with Crippen LogP contribution >= 0.6 is 15.9 Å². The van der Waals surface area contributed by atoms with Crippen molar-refractivity contribution in [3.63, 3.8) is 0 Å². The van der Waals surface area contributed by atoms with Crippen LogP contribution in [0.2, 0.25) is 0 Å². The molecule has 0 aliphatic carbocycles. The fourth-order valence-corrected chi connectivity index (χ4v) is 3.54. The van der Waals surface area contributed by atoms with Gasteiger partial charge in [0.15, 0.2) is 0 Å². The van der Waals surface area contributed by atoms with Crippen LogP contribution in [0, 0.1) is 0 Å². The van der Waals surface area contributed by atoms with Crippen molar-refractivity contribution in [2.24, 2.45) is 5.73 Å². The molecule has 25 heavy (non-hydrogen) atoms. The molecule has 0 bridgehead atoms. The highest BCUT2D eigenvalue weighted by Gasteiger charge is 2.19. The average molecular weight is 427 g/mol. The third-order valence-corrected chi connectivity index (χ3v) is 5.31. The van der Waals surface area contributed by atoms with E-state index >= 15 is 0 Å². The van der Waals surface area contributed by atoms with Gasteiger partial charge in [-0.1, -0.05) is 12.1 Å². The summed E-state index contributed by atoms with van der Waals surface area (Å²) in [6.07, 6.45) is 0.0717. The van der Waals surface area contributed by atoms with Crippen molar-refractivity contribution in [3.8, 4) is 0 Å². The number of benzene rings is 2. The number of sulfonamides is 1. The number of carbonyl (C=O) groups excluding carboxylic acids is 2. The number of nitrogens with two attached hydrogens (primary N) is 1. The minimum atomic E-state index is -3.90. The topological polar surface area (TPSA) is 116 Å². The number of methoxy groups -OCH3 is 1. The number of nitrogens with one attached hydrogen (secondary N) is 1. The van der Waals surface area contributed by atoms with Crippen molar-refractivity contribution >= 4 is 43.5 Å². The van der Waals surface area contributed by atoms with Gasteiger partial charge in [0.1, 0.15) is 0 Å². The zero-order valence-electron chi connectivity index (χ0n) is 13.2. The highest BCUT2D eigenvalue weighted by Crippen LogP contribution is 2.23. The Bertz CT molecular complexity index is 911. The first-order valence-corrected chi connectivity index (χ1v) is 9.28. The summed E-state index contributed by atoms with van der Waals surface area (Å²) in [5.41, 5.74) is 6.20. The number of ether oxygens (including phenoxy) is 1. The second-order valence-electron chi connectivity index (χ2n) is 5.08. The molecule has 2 rings (SSSR count). The molecule has 0 aliphatic rings. The summed E-state index contributed by atoms with van der Waals surface area (Å²) in [4.78, 5) is 22.5. The number of amides is 1. The molecule has 0 aliphatic heterocycles. The molecular formula is C16H15BrN2O5S. The van der Waals surface area contributed by atoms with Crippen LogP contribution in [-0.2, 0) is 26.0 Å². The van der Waals surface area contributed by atoms with E-state index < -0.39 is 21.9 Å². The van der Waals surface area contributed by atoms with E-state index in [-0.39, 0.29) is 16.9 Å². The van der Waals surface area contributed by atoms with Gasteiger partial charge in [0.25, 0.3) is 10.0 Å². The quantitative estimate of drug-likeness (QED) is 0.685. The van der Waals surface area contributed by atoms with Crippen molar-refractivity contribution in [1.29, 1.82) is 0 Å². The summed E-state index contributed by atoms with van der Waals surface area (Å²) in [6.45, 7) is 0. The van der Waals surface area contributed by atoms with E-state index in [1.54, 1.807) is 12.1 Å². The zero-order valence-corrected chi connectivity index (χ0v) is 15.6. The van der Waals surface area contributed by atoms with Gasteiger partial charge < -0.3 is 10.5 Å². The van der Waals surface area contributed by atoms with Crippen LogP contribution in [0.1, 0.15) is 15.9 Å². The fraction of sp³-hybridized carbons (Fsp3) is 0.125. The maximum atomic E-state index is 12.5. The molecule has 2 aromatic rings. The summed E-state index contributed by atoms with van der Waals surface area (Å²) >= 11 is 3.18. The first-order valence-electron chi connectivity index (χ1n) is 7.01. The monoisotopic (exact) mass is 426 g/mol. The van der Waals surface area contributed by atoms with E-state index in [4.69, 9.17) is 5.73 Å². The minimum Gasteiger partial charge on any atom is -0.465 e. The maximum Gasteiger partial charge on any atom is 0.339 e. The van der Waals surface area contributed by atoms with Crippen molar-refractivity contribution in [3.05, 3.63) is 58.1 Å². The molecule has 0 atom stereocenters. The van der Waals surface area contributed by atoms with Crippen LogP contribution in [-0.4, -0.2) is 27.4 Å². The Hall–Kier alpha value is -2.39. The molecule has 0 heterocycles. The van der Waals surface area contributed by atoms with Gasteiger partial charge in [0, 0.05) is 10.2 Å². The molecule has 0 saturated heterocycles. The van der Waals surface area contributed by atoms with Crippen LogP contribution in [0.25, 0.3) is 0 Å². The van der Waals surface area contributed by atoms with E-state index in [9.17, 15) is 18.0 Å². The summed E-state index contributed by atoms with van der Waals surface area (Å²) < 4.78 is 32.4. The number of rotatable bonds is 6. The standard InChI is InChI=1S/C16H15BrN2O5S/c1-24-16(21)13-9-12(6-7-14(13)17)25(22,23)19-11-4-2-10(3-5-11)8-15(18)20/h2-7,9,19H,8H2,1H3,(H2,18,20). The third kappa shape index (κ3) is 4.80. The molecule has 132 valence electrons. The molecule has 0 saturated carbocycles. The predicted molar refractivity (Wildman–Crippen MR) is 95.6 cm³/mol. The number of halogens is 1. The lowest BCUT2D eigenvalue weighted by molar-refractivity contribution is -0.117. The molecule has 0 radical (unpaired) electrons. The highest BCUT2D eigenvalue weighted by molar-refractivity contribution is 9.10. The van der Waals surface area contributed by atoms with Crippen molar-refractivity contribution in [2.45, 2.75) is 11.3 Å². The van der Waals surface area contributed by atoms with Gasteiger partial charge in [-0.15, -0.1) is 0 Å². The Morgan fingerprint density at radius 2 is 1.80 bits per heavy atom. The molecule has 0 fully saturated rings. The Morgan fingerprint density at radius 3 is 2.36 bits per heavy atom. The Kier molecular flexibility index (Phi) is 5.81. The molecule has 0 unspecified atom stereocenters. The van der Waals surface area contributed by atoms with Gasteiger partial charge in [-0.3, -0.25) is 9.52 Å². The highest BCUT2D eigenvalue weighted by atomic mass is 79.9. The first-order chi connectivity index (χ1) is 11.7. The number of hydrogen-bond donors (Lipinski definition) is 2. The number of esters is 1. The van der Waals surface area contributed by atoms with E-state index in [1.807, 2.05) is 0 Å². The Balaban J connectivity index is 2.27. The summed E-state index contributed by atoms with van der Waals surface area (Å²) in [6, 6.07) is 10.3. The van der Waals surface area contributed by atoms with Crippen molar-refractivity contribution in [1.82, 2.24) is 0 Å². The largest absolute Gasteiger partial charge is 0.465 e. The van der Waals surface area contributed by atoms with E-state index in [1.165, 1.54) is 37.4 Å². The maximum absolute atomic E-state index is 12.5. The number of anilines is 1. The second kappa shape index (κ2) is 7.66. The van der Waals surface area contributed by atoms with E-state index in [0.717, 1.165) is 0 Å². The zero-order chi connectivity index (χ0) is 18.6. The SMILES string of the molecule is COC(=O)c1cc(S(=O)(=O)Nc2ccc(CC(N)=O)cc2)ccc1Br. The smallest absolute Gasteiger partial charge is 0.339 e. The van der Waals surface area contributed by atoms with Crippen molar-refractivity contribution < 1.29 is 22.7 Å². The first kappa shape index (κ1) is 18.9. The molecule has 1 amide bonds. The van der Waals surface area contributed by atoms with Crippen LogP contribution in [0.5, 0.6) is 0 Å². The lowest BCUT2D eigenvalue weighted by Gasteiger charge is -2.10. The predicted octanol–water partition coefficient (Wildman–Crippen LogP) is 2.06. The molecule has 2 aromatic carbocycles.